The van der Waals surface area contributed by atoms with Crippen molar-refractivity contribution in [1.29, 1.82) is 0 Å². The Hall–Kier alpha value is -3.20. The highest BCUT2D eigenvalue weighted by Gasteiger charge is 2.56. The van der Waals surface area contributed by atoms with Crippen molar-refractivity contribution in [2.45, 2.75) is 44.6 Å². The maximum Gasteiger partial charge on any atom is 0.244 e. The van der Waals surface area contributed by atoms with Crippen LogP contribution in [0.2, 0.25) is 0 Å². The van der Waals surface area contributed by atoms with Gasteiger partial charge in [0.2, 0.25) is 17.8 Å². The fourth-order valence-corrected chi connectivity index (χ4v) is 5.10. The van der Waals surface area contributed by atoms with Gasteiger partial charge in [-0.1, -0.05) is 12.8 Å². The van der Waals surface area contributed by atoms with Gasteiger partial charge in [0.15, 0.2) is 0 Å². The zero-order chi connectivity index (χ0) is 22.8. The Labute approximate surface area is 193 Å². The van der Waals surface area contributed by atoms with E-state index in [1.54, 1.807) is 6.20 Å². The molecule has 2 fully saturated rings. The lowest BCUT2D eigenvalue weighted by atomic mass is 9.76. The van der Waals surface area contributed by atoms with E-state index in [1.165, 1.54) is 0 Å². The molecule has 3 heterocycles. The molecule has 5 rings (SSSR count). The Morgan fingerprint density at radius 3 is 2.70 bits per heavy atom. The number of amides is 2. The maximum atomic E-state index is 13.7. The van der Waals surface area contributed by atoms with Crippen molar-refractivity contribution in [1.82, 2.24) is 20.6 Å². The quantitative estimate of drug-likeness (QED) is 0.438. The summed E-state index contributed by atoms with van der Waals surface area (Å²) in [5.41, 5.74) is 0.673. The first-order chi connectivity index (χ1) is 16.1. The van der Waals surface area contributed by atoms with Gasteiger partial charge in [-0.25, -0.2) is 4.98 Å². The molecule has 33 heavy (non-hydrogen) atoms. The van der Waals surface area contributed by atoms with Gasteiger partial charge in [0, 0.05) is 43.0 Å². The summed E-state index contributed by atoms with van der Waals surface area (Å²) in [7, 11) is 1.89. The number of carbonyl (C=O) groups is 2. The summed E-state index contributed by atoms with van der Waals surface area (Å²) in [6.07, 6.45) is 6.69. The first-order valence-electron chi connectivity index (χ1n) is 11.7. The summed E-state index contributed by atoms with van der Waals surface area (Å²) in [5, 5.41) is 9.15. The summed E-state index contributed by atoms with van der Waals surface area (Å²) < 4.78 is 5.67. The molecule has 1 aromatic carbocycles. The molecule has 2 aromatic rings. The molecule has 2 aliphatic heterocycles. The van der Waals surface area contributed by atoms with Gasteiger partial charge in [0.1, 0.15) is 23.6 Å². The molecule has 174 valence electrons. The van der Waals surface area contributed by atoms with Crippen LogP contribution in [0.15, 0.2) is 30.5 Å². The molecule has 1 atom stereocenters. The average molecular weight is 451 g/mol. The number of hydrogen-bond donors (Lipinski definition) is 3. The van der Waals surface area contributed by atoms with Crippen molar-refractivity contribution >= 4 is 29.3 Å². The van der Waals surface area contributed by atoms with Gasteiger partial charge in [-0.15, -0.1) is 0 Å². The van der Waals surface area contributed by atoms with Crippen molar-refractivity contribution in [3.8, 4) is 5.75 Å². The first kappa shape index (κ1) is 21.6. The zero-order valence-corrected chi connectivity index (χ0v) is 18.9. The van der Waals surface area contributed by atoms with E-state index in [0.29, 0.717) is 37.8 Å². The van der Waals surface area contributed by atoms with E-state index in [9.17, 15) is 9.59 Å². The highest BCUT2D eigenvalue weighted by Crippen LogP contribution is 2.44. The molecule has 2 amide bonds. The van der Waals surface area contributed by atoms with Crippen LogP contribution >= 0.6 is 0 Å². The van der Waals surface area contributed by atoms with Crippen LogP contribution in [0, 0.1) is 5.41 Å². The summed E-state index contributed by atoms with van der Waals surface area (Å²) in [4.78, 5) is 37.5. The van der Waals surface area contributed by atoms with Crippen LogP contribution < -0.4 is 25.6 Å². The van der Waals surface area contributed by atoms with E-state index in [4.69, 9.17) is 9.72 Å². The number of carbonyl (C=O) groups excluding carboxylic acids is 2. The standard InChI is InChI=1S/C24H30N6O3/c1-25-12-13-33-19-8-6-17(7-9-19)28-23-27-15-16-14-24(10-11-26-21(24)31)22(32)30(20(16)29-23)18-4-2-3-5-18/h6-9,15,18,25H,2-5,10-14H2,1H3,(H,26,31)(H,27,28,29). The Kier molecular flexibility index (Phi) is 5.88. The normalized spacial score (nSPS) is 22.5. The van der Waals surface area contributed by atoms with E-state index in [0.717, 1.165) is 49.2 Å². The smallest absolute Gasteiger partial charge is 0.244 e. The van der Waals surface area contributed by atoms with Crippen LogP contribution in [-0.2, 0) is 16.0 Å². The predicted molar refractivity (Wildman–Crippen MR) is 125 cm³/mol. The van der Waals surface area contributed by atoms with Crippen molar-refractivity contribution in [3.05, 3.63) is 36.0 Å². The number of aromatic nitrogens is 2. The monoisotopic (exact) mass is 450 g/mol. The van der Waals surface area contributed by atoms with Gasteiger partial charge in [0.05, 0.1) is 0 Å². The lowest BCUT2D eigenvalue weighted by Crippen LogP contribution is -2.56. The second-order valence-electron chi connectivity index (χ2n) is 9.02. The van der Waals surface area contributed by atoms with Crippen LogP contribution in [0.1, 0.15) is 37.7 Å². The van der Waals surface area contributed by atoms with Gasteiger partial charge in [-0.2, -0.15) is 4.98 Å². The number of ether oxygens (including phenoxy) is 1. The number of nitrogens with one attached hydrogen (secondary N) is 3. The molecule has 9 heteroatoms. The van der Waals surface area contributed by atoms with Gasteiger partial charge in [-0.3, -0.25) is 14.5 Å². The third-order valence-corrected chi connectivity index (χ3v) is 6.88. The van der Waals surface area contributed by atoms with Gasteiger partial charge in [0.25, 0.3) is 0 Å². The van der Waals surface area contributed by atoms with Crippen LogP contribution in [-0.4, -0.2) is 54.6 Å². The predicted octanol–water partition coefficient (Wildman–Crippen LogP) is 2.16. The maximum absolute atomic E-state index is 13.7. The number of fused-ring (bicyclic) bond motifs is 1. The van der Waals surface area contributed by atoms with Gasteiger partial charge in [-0.05, 0) is 50.6 Å². The number of anilines is 3. The second-order valence-corrected chi connectivity index (χ2v) is 9.02. The van der Waals surface area contributed by atoms with E-state index >= 15 is 0 Å². The molecule has 1 aliphatic carbocycles. The van der Waals surface area contributed by atoms with E-state index in [1.807, 2.05) is 36.2 Å². The number of hydrogen-bond acceptors (Lipinski definition) is 7. The minimum atomic E-state index is -1.02. The molecule has 9 nitrogen and oxygen atoms in total. The largest absolute Gasteiger partial charge is 0.492 e. The first-order valence-corrected chi connectivity index (χ1v) is 11.7. The van der Waals surface area contributed by atoms with Crippen molar-refractivity contribution in [2.75, 3.05) is 37.0 Å². The fourth-order valence-electron chi connectivity index (χ4n) is 5.10. The molecule has 1 unspecified atom stereocenters. The Balaban J connectivity index is 1.41. The van der Waals surface area contributed by atoms with E-state index in [2.05, 4.69) is 20.9 Å². The molecular formula is C24H30N6O3. The molecule has 0 bridgehead atoms. The van der Waals surface area contributed by atoms with Crippen LogP contribution in [0.5, 0.6) is 5.75 Å². The van der Waals surface area contributed by atoms with E-state index < -0.39 is 5.41 Å². The Bertz CT molecular complexity index is 1040. The fraction of sp³-hybridized carbons (Fsp3) is 0.500. The van der Waals surface area contributed by atoms with Crippen LogP contribution in [0.25, 0.3) is 0 Å². The molecule has 0 radical (unpaired) electrons. The minimum absolute atomic E-state index is 0.0821. The lowest BCUT2D eigenvalue weighted by Gasteiger charge is -2.40. The highest BCUT2D eigenvalue weighted by molar-refractivity contribution is 6.14. The summed E-state index contributed by atoms with van der Waals surface area (Å²) >= 11 is 0. The van der Waals surface area contributed by atoms with Gasteiger partial charge < -0.3 is 20.7 Å². The Morgan fingerprint density at radius 1 is 1.21 bits per heavy atom. The van der Waals surface area contributed by atoms with Crippen molar-refractivity contribution in [2.24, 2.45) is 5.41 Å². The second kappa shape index (κ2) is 8.97. The summed E-state index contributed by atoms with van der Waals surface area (Å²) in [5.74, 6) is 1.59. The van der Waals surface area contributed by atoms with Crippen LogP contribution in [0.4, 0.5) is 17.5 Å². The van der Waals surface area contributed by atoms with Gasteiger partial charge >= 0.3 is 0 Å². The molecule has 1 spiro atoms. The average Bonchev–Trinajstić information content (AvgIpc) is 3.47. The summed E-state index contributed by atoms with van der Waals surface area (Å²) in [6.45, 7) is 1.91. The summed E-state index contributed by atoms with van der Waals surface area (Å²) in [6, 6.07) is 7.70. The molecule has 1 saturated heterocycles. The number of rotatable bonds is 7. The number of nitrogens with zero attached hydrogens (tertiary/aromatic N) is 3. The highest BCUT2D eigenvalue weighted by atomic mass is 16.5. The lowest BCUT2D eigenvalue weighted by molar-refractivity contribution is -0.140. The van der Waals surface area contributed by atoms with Crippen LogP contribution in [0.3, 0.4) is 0 Å². The SMILES string of the molecule is CNCCOc1ccc(Nc2ncc3c(n2)N(C2CCCC2)C(=O)C2(CCNC2=O)C3)cc1. The molecule has 3 aliphatic rings. The minimum Gasteiger partial charge on any atom is -0.492 e. The molecular weight excluding hydrogens is 420 g/mol. The number of benzene rings is 1. The third kappa shape index (κ3) is 4.01. The van der Waals surface area contributed by atoms with Crippen molar-refractivity contribution < 1.29 is 14.3 Å². The number of likely N-dealkylation sites (N-methyl/N-ethyl adjacent to an activating group) is 1. The molecule has 1 aromatic heterocycles. The molecule has 3 N–H and O–H groups in total. The topological polar surface area (TPSA) is 108 Å². The zero-order valence-electron chi connectivity index (χ0n) is 18.9. The third-order valence-electron chi connectivity index (χ3n) is 6.88. The van der Waals surface area contributed by atoms with E-state index in [-0.39, 0.29) is 17.9 Å². The molecule has 1 saturated carbocycles. The van der Waals surface area contributed by atoms with Crippen molar-refractivity contribution in [3.63, 3.8) is 0 Å². The Morgan fingerprint density at radius 2 is 2.00 bits per heavy atom.